The van der Waals surface area contributed by atoms with E-state index >= 15 is 0 Å². The lowest BCUT2D eigenvalue weighted by Crippen LogP contribution is -2.20. The Labute approximate surface area is 150 Å². The van der Waals surface area contributed by atoms with Gasteiger partial charge in [0.1, 0.15) is 5.75 Å². The Morgan fingerprint density at radius 3 is 2.46 bits per heavy atom. The van der Waals surface area contributed by atoms with Gasteiger partial charge in [-0.3, -0.25) is 14.9 Å². The van der Waals surface area contributed by atoms with Gasteiger partial charge in [0, 0.05) is 17.8 Å². The SMILES string of the molecule is CCOc1ccc(NC(=O)COc2cccc([N+](=O)[O-])c2)cc1OCC. The fraction of sp³-hybridized carbons (Fsp3) is 0.278. The number of nitro benzene ring substituents is 1. The van der Waals surface area contributed by atoms with E-state index in [4.69, 9.17) is 14.2 Å². The van der Waals surface area contributed by atoms with Crippen molar-refractivity contribution in [1.82, 2.24) is 0 Å². The molecule has 0 radical (unpaired) electrons. The maximum atomic E-state index is 12.0. The predicted molar refractivity (Wildman–Crippen MR) is 96.0 cm³/mol. The molecule has 0 aromatic heterocycles. The first-order chi connectivity index (χ1) is 12.5. The van der Waals surface area contributed by atoms with Gasteiger partial charge in [0.05, 0.1) is 24.2 Å². The van der Waals surface area contributed by atoms with Gasteiger partial charge in [-0.25, -0.2) is 0 Å². The molecule has 8 heteroatoms. The molecule has 1 amide bonds. The molecule has 26 heavy (non-hydrogen) atoms. The van der Waals surface area contributed by atoms with Crippen LogP contribution in [0.5, 0.6) is 17.2 Å². The maximum absolute atomic E-state index is 12.0. The highest BCUT2D eigenvalue weighted by atomic mass is 16.6. The second-order valence-corrected chi connectivity index (χ2v) is 5.12. The van der Waals surface area contributed by atoms with E-state index < -0.39 is 10.8 Å². The summed E-state index contributed by atoms with van der Waals surface area (Å²) in [6.45, 7) is 4.42. The van der Waals surface area contributed by atoms with E-state index in [0.29, 0.717) is 30.4 Å². The molecule has 138 valence electrons. The zero-order valence-electron chi connectivity index (χ0n) is 14.6. The summed E-state index contributed by atoms with van der Waals surface area (Å²) in [6, 6.07) is 10.7. The van der Waals surface area contributed by atoms with Crippen LogP contribution in [-0.2, 0) is 4.79 Å². The third kappa shape index (κ3) is 5.37. The summed E-state index contributed by atoms with van der Waals surface area (Å²) in [5.41, 5.74) is 0.431. The molecule has 0 aliphatic heterocycles. The van der Waals surface area contributed by atoms with Crippen LogP contribution in [0.4, 0.5) is 11.4 Å². The fourth-order valence-electron chi connectivity index (χ4n) is 2.16. The van der Waals surface area contributed by atoms with E-state index in [2.05, 4.69) is 5.32 Å². The van der Waals surface area contributed by atoms with Crippen LogP contribution in [0.2, 0.25) is 0 Å². The van der Waals surface area contributed by atoms with Gasteiger partial charge >= 0.3 is 0 Å². The monoisotopic (exact) mass is 360 g/mol. The van der Waals surface area contributed by atoms with Crippen molar-refractivity contribution in [2.75, 3.05) is 25.1 Å². The normalized spacial score (nSPS) is 10.1. The van der Waals surface area contributed by atoms with Crippen molar-refractivity contribution >= 4 is 17.3 Å². The first kappa shape index (κ1) is 19.0. The highest BCUT2D eigenvalue weighted by Crippen LogP contribution is 2.30. The molecule has 0 aliphatic carbocycles. The van der Waals surface area contributed by atoms with Crippen molar-refractivity contribution in [3.63, 3.8) is 0 Å². The largest absolute Gasteiger partial charge is 0.490 e. The summed E-state index contributed by atoms with van der Waals surface area (Å²) in [5, 5.41) is 13.4. The van der Waals surface area contributed by atoms with Crippen LogP contribution >= 0.6 is 0 Å². The van der Waals surface area contributed by atoms with Crippen molar-refractivity contribution < 1.29 is 23.9 Å². The lowest BCUT2D eigenvalue weighted by atomic mass is 10.2. The number of nitrogens with one attached hydrogen (secondary N) is 1. The number of rotatable bonds is 9. The third-order valence-corrected chi connectivity index (χ3v) is 3.23. The van der Waals surface area contributed by atoms with E-state index in [1.54, 1.807) is 24.3 Å². The minimum Gasteiger partial charge on any atom is -0.490 e. The molecule has 0 aliphatic rings. The molecule has 1 N–H and O–H groups in total. The molecule has 0 saturated heterocycles. The van der Waals surface area contributed by atoms with E-state index in [9.17, 15) is 14.9 Å². The molecule has 0 heterocycles. The highest BCUT2D eigenvalue weighted by Gasteiger charge is 2.11. The van der Waals surface area contributed by atoms with Gasteiger partial charge in [0.2, 0.25) is 0 Å². The quantitative estimate of drug-likeness (QED) is 0.543. The molecule has 0 bridgehead atoms. The Morgan fingerprint density at radius 1 is 1.04 bits per heavy atom. The minimum absolute atomic E-state index is 0.101. The number of amides is 1. The first-order valence-electron chi connectivity index (χ1n) is 8.10. The molecular weight excluding hydrogens is 340 g/mol. The van der Waals surface area contributed by atoms with Gasteiger partial charge in [-0.2, -0.15) is 0 Å². The van der Waals surface area contributed by atoms with Crippen molar-refractivity contribution in [2.45, 2.75) is 13.8 Å². The molecule has 0 saturated carbocycles. The lowest BCUT2D eigenvalue weighted by Gasteiger charge is -2.13. The Hall–Kier alpha value is -3.29. The van der Waals surface area contributed by atoms with Crippen LogP contribution < -0.4 is 19.5 Å². The number of hydrogen-bond donors (Lipinski definition) is 1. The zero-order valence-corrected chi connectivity index (χ0v) is 14.6. The summed E-state index contributed by atoms with van der Waals surface area (Å²) in [7, 11) is 0. The molecular formula is C18H20N2O6. The summed E-state index contributed by atoms with van der Waals surface area (Å²) < 4.78 is 16.3. The van der Waals surface area contributed by atoms with Crippen molar-refractivity contribution in [3.8, 4) is 17.2 Å². The smallest absolute Gasteiger partial charge is 0.273 e. The number of hydrogen-bond acceptors (Lipinski definition) is 6. The van der Waals surface area contributed by atoms with Gasteiger partial charge < -0.3 is 19.5 Å². The third-order valence-electron chi connectivity index (χ3n) is 3.23. The molecule has 2 aromatic rings. The number of carbonyl (C=O) groups excluding carboxylic acids is 1. The average molecular weight is 360 g/mol. The van der Waals surface area contributed by atoms with Crippen LogP contribution in [0.25, 0.3) is 0 Å². The molecule has 0 spiro atoms. The van der Waals surface area contributed by atoms with Crippen LogP contribution in [0.3, 0.4) is 0 Å². The zero-order chi connectivity index (χ0) is 18.9. The molecule has 0 atom stereocenters. The fourth-order valence-corrected chi connectivity index (χ4v) is 2.16. The van der Waals surface area contributed by atoms with Crippen LogP contribution in [0.15, 0.2) is 42.5 Å². The van der Waals surface area contributed by atoms with E-state index in [0.717, 1.165) is 0 Å². The number of nitro groups is 1. The Bertz CT molecular complexity index is 778. The van der Waals surface area contributed by atoms with Crippen molar-refractivity contribution in [3.05, 3.63) is 52.6 Å². The minimum atomic E-state index is -0.526. The summed E-state index contributed by atoms with van der Waals surface area (Å²) in [5.74, 6) is 0.978. The van der Waals surface area contributed by atoms with E-state index in [-0.39, 0.29) is 18.0 Å². The molecule has 0 fully saturated rings. The van der Waals surface area contributed by atoms with Crippen molar-refractivity contribution in [1.29, 1.82) is 0 Å². The Morgan fingerprint density at radius 2 is 1.77 bits per heavy atom. The number of carbonyl (C=O) groups is 1. The number of non-ortho nitro benzene ring substituents is 1. The second kappa shape index (κ2) is 9.26. The molecule has 8 nitrogen and oxygen atoms in total. The standard InChI is InChI=1S/C18H20N2O6/c1-3-24-16-9-8-13(10-17(16)25-4-2)19-18(21)12-26-15-7-5-6-14(11-15)20(22)23/h5-11H,3-4,12H2,1-2H3,(H,19,21). The highest BCUT2D eigenvalue weighted by molar-refractivity contribution is 5.92. The molecule has 2 rings (SSSR count). The lowest BCUT2D eigenvalue weighted by molar-refractivity contribution is -0.384. The first-order valence-corrected chi connectivity index (χ1v) is 8.10. The van der Waals surface area contributed by atoms with Gasteiger partial charge in [-0.05, 0) is 32.0 Å². The Balaban J connectivity index is 1.98. The number of benzene rings is 2. The molecule has 0 unspecified atom stereocenters. The number of anilines is 1. The van der Waals surface area contributed by atoms with Crippen LogP contribution in [0.1, 0.15) is 13.8 Å². The summed E-state index contributed by atoms with van der Waals surface area (Å²) >= 11 is 0. The maximum Gasteiger partial charge on any atom is 0.273 e. The van der Waals surface area contributed by atoms with E-state index in [1.807, 2.05) is 13.8 Å². The van der Waals surface area contributed by atoms with Gasteiger partial charge in [-0.1, -0.05) is 6.07 Å². The van der Waals surface area contributed by atoms with Gasteiger partial charge in [0.15, 0.2) is 18.1 Å². The second-order valence-electron chi connectivity index (χ2n) is 5.12. The van der Waals surface area contributed by atoms with Gasteiger partial charge in [0.25, 0.3) is 11.6 Å². The summed E-state index contributed by atoms with van der Waals surface area (Å²) in [6.07, 6.45) is 0. The number of ether oxygens (including phenoxy) is 3. The van der Waals surface area contributed by atoms with Gasteiger partial charge in [-0.15, -0.1) is 0 Å². The van der Waals surface area contributed by atoms with Crippen LogP contribution in [-0.4, -0.2) is 30.7 Å². The Kier molecular flexibility index (Phi) is 6.78. The summed E-state index contributed by atoms with van der Waals surface area (Å²) in [4.78, 5) is 22.3. The predicted octanol–water partition coefficient (Wildman–Crippen LogP) is 3.41. The van der Waals surface area contributed by atoms with E-state index in [1.165, 1.54) is 18.2 Å². The topological polar surface area (TPSA) is 99.9 Å². The van der Waals surface area contributed by atoms with Crippen LogP contribution in [0, 0.1) is 10.1 Å². The average Bonchev–Trinajstić information content (AvgIpc) is 2.63. The van der Waals surface area contributed by atoms with Crippen molar-refractivity contribution in [2.24, 2.45) is 0 Å². The molecule has 2 aromatic carbocycles. The number of nitrogens with zero attached hydrogens (tertiary/aromatic N) is 1.